The highest BCUT2D eigenvalue weighted by molar-refractivity contribution is 7.93. The van der Waals surface area contributed by atoms with Crippen molar-refractivity contribution in [2.45, 2.75) is 37.0 Å². The second kappa shape index (κ2) is 5.87. The van der Waals surface area contributed by atoms with E-state index in [0.29, 0.717) is 23.6 Å². The summed E-state index contributed by atoms with van der Waals surface area (Å²) < 4.78 is 26.9. The topological polar surface area (TPSA) is 66.4 Å². The molecular formula is C12H15Cl2NO3S. The molecule has 0 radical (unpaired) electrons. The maximum absolute atomic E-state index is 12.2. The average Bonchev–Trinajstić information content (AvgIpc) is 2.34. The summed E-state index contributed by atoms with van der Waals surface area (Å²) in [5.41, 5.74) is 0.354. The molecule has 1 aromatic rings. The van der Waals surface area contributed by atoms with Crippen molar-refractivity contribution in [1.29, 1.82) is 0 Å². The van der Waals surface area contributed by atoms with Crippen LogP contribution >= 0.6 is 23.2 Å². The van der Waals surface area contributed by atoms with Crippen LogP contribution in [-0.2, 0) is 10.0 Å². The number of benzene rings is 1. The molecule has 0 aromatic heterocycles. The molecule has 0 amide bonds. The largest absolute Gasteiger partial charge is 0.392 e. The third kappa shape index (κ3) is 3.54. The van der Waals surface area contributed by atoms with Crippen LogP contribution in [0.5, 0.6) is 0 Å². The second-order valence-electron chi connectivity index (χ2n) is 4.67. The van der Waals surface area contributed by atoms with E-state index in [9.17, 15) is 13.5 Å². The Labute approximate surface area is 122 Å². The molecule has 4 nitrogen and oxygen atoms in total. The van der Waals surface area contributed by atoms with Gasteiger partial charge in [-0.1, -0.05) is 36.0 Å². The first kappa shape index (κ1) is 14.9. The molecule has 2 N–H and O–H groups in total. The zero-order valence-corrected chi connectivity index (χ0v) is 12.5. The highest BCUT2D eigenvalue weighted by Gasteiger charge is 2.34. The summed E-state index contributed by atoms with van der Waals surface area (Å²) in [6, 6.07) is 4.52. The lowest BCUT2D eigenvalue weighted by atomic mass is 9.97. The summed E-state index contributed by atoms with van der Waals surface area (Å²) in [5, 5.41) is 9.69. The number of halogens is 2. The van der Waals surface area contributed by atoms with Crippen LogP contribution < -0.4 is 4.72 Å². The molecule has 0 saturated heterocycles. The zero-order valence-electron chi connectivity index (χ0n) is 10.1. The quantitative estimate of drug-likeness (QED) is 0.898. The molecule has 1 fully saturated rings. The third-order valence-corrected chi connectivity index (χ3v) is 5.85. The molecule has 19 heavy (non-hydrogen) atoms. The lowest BCUT2D eigenvalue weighted by molar-refractivity contribution is 0.133. The monoisotopic (exact) mass is 323 g/mol. The SMILES string of the molecule is O=S(=O)(Nc1ccc(Cl)c(Cl)c1)C1CCCCC1O. The molecule has 1 aliphatic rings. The van der Waals surface area contributed by atoms with E-state index < -0.39 is 21.4 Å². The van der Waals surface area contributed by atoms with E-state index in [-0.39, 0.29) is 5.02 Å². The summed E-state index contributed by atoms with van der Waals surface area (Å²) in [4.78, 5) is 0. The average molecular weight is 324 g/mol. The molecule has 0 heterocycles. The normalized spacial score (nSPS) is 24.2. The van der Waals surface area contributed by atoms with Crippen LogP contribution in [0, 0.1) is 0 Å². The lowest BCUT2D eigenvalue weighted by Gasteiger charge is -2.27. The van der Waals surface area contributed by atoms with Gasteiger partial charge in [-0.05, 0) is 31.0 Å². The second-order valence-corrected chi connectivity index (χ2v) is 7.38. The highest BCUT2D eigenvalue weighted by Crippen LogP contribution is 2.29. The molecule has 0 bridgehead atoms. The maximum atomic E-state index is 12.2. The van der Waals surface area contributed by atoms with Crippen molar-refractivity contribution in [2.75, 3.05) is 4.72 Å². The minimum atomic E-state index is -3.62. The first-order chi connectivity index (χ1) is 8.90. The summed E-state index contributed by atoms with van der Waals surface area (Å²) in [6.45, 7) is 0. The predicted molar refractivity (Wildman–Crippen MR) is 77.3 cm³/mol. The van der Waals surface area contributed by atoms with Gasteiger partial charge < -0.3 is 5.11 Å². The molecule has 7 heteroatoms. The lowest BCUT2D eigenvalue weighted by Crippen LogP contribution is -2.40. The smallest absolute Gasteiger partial charge is 0.238 e. The van der Waals surface area contributed by atoms with Gasteiger partial charge in [0.2, 0.25) is 10.0 Å². The molecule has 2 atom stereocenters. The van der Waals surface area contributed by atoms with Crippen molar-refractivity contribution in [1.82, 2.24) is 0 Å². The number of rotatable bonds is 3. The van der Waals surface area contributed by atoms with Crippen molar-refractivity contribution < 1.29 is 13.5 Å². The first-order valence-corrected chi connectivity index (χ1v) is 8.35. The van der Waals surface area contributed by atoms with Gasteiger partial charge in [-0.25, -0.2) is 8.42 Å². The summed E-state index contributed by atoms with van der Waals surface area (Å²) in [6.07, 6.45) is 1.85. The number of aliphatic hydroxyl groups is 1. The van der Waals surface area contributed by atoms with Crippen molar-refractivity contribution in [2.24, 2.45) is 0 Å². The molecule has 1 saturated carbocycles. The zero-order chi connectivity index (χ0) is 14.0. The highest BCUT2D eigenvalue weighted by atomic mass is 35.5. The Morgan fingerprint density at radius 3 is 2.47 bits per heavy atom. The van der Waals surface area contributed by atoms with Crippen molar-refractivity contribution in [3.05, 3.63) is 28.2 Å². The van der Waals surface area contributed by atoms with Crippen molar-refractivity contribution >= 4 is 38.9 Å². The van der Waals surface area contributed by atoms with Crippen LogP contribution in [0.15, 0.2) is 18.2 Å². The number of nitrogens with one attached hydrogen (secondary N) is 1. The van der Waals surface area contributed by atoms with Crippen molar-refractivity contribution in [3.8, 4) is 0 Å². The molecule has 0 aliphatic heterocycles. The van der Waals surface area contributed by atoms with E-state index in [0.717, 1.165) is 12.8 Å². The summed E-state index contributed by atoms with van der Waals surface area (Å²) in [7, 11) is -3.62. The third-order valence-electron chi connectivity index (χ3n) is 3.25. The first-order valence-electron chi connectivity index (χ1n) is 6.05. The van der Waals surface area contributed by atoms with Gasteiger partial charge in [0, 0.05) is 0 Å². The molecular weight excluding hydrogens is 309 g/mol. The molecule has 1 aromatic carbocycles. The fourth-order valence-electron chi connectivity index (χ4n) is 2.24. The Bertz CT molecular complexity index is 562. The van der Waals surface area contributed by atoms with Crippen LogP contribution in [0.4, 0.5) is 5.69 Å². The van der Waals surface area contributed by atoms with Gasteiger partial charge in [-0.15, -0.1) is 0 Å². The predicted octanol–water partition coefficient (Wildman–Crippen LogP) is 3.04. The van der Waals surface area contributed by atoms with E-state index in [2.05, 4.69) is 4.72 Å². The number of hydrogen-bond acceptors (Lipinski definition) is 3. The van der Waals surface area contributed by atoms with E-state index in [1.54, 1.807) is 6.07 Å². The van der Waals surface area contributed by atoms with Gasteiger partial charge in [-0.3, -0.25) is 4.72 Å². The summed E-state index contributed by atoms with van der Waals surface area (Å²) >= 11 is 11.6. The fourth-order valence-corrected chi connectivity index (χ4v) is 4.17. The van der Waals surface area contributed by atoms with Gasteiger partial charge in [-0.2, -0.15) is 0 Å². The van der Waals surface area contributed by atoms with Gasteiger partial charge in [0.05, 0.1) is 21.8 Å². The maximum Gasteiger partial charge on any atom is 0.238 e. The molecule has 2 unspecified atom stereocenters. The van der Waals surface area contributed by atoms with Crippen LogP contribution in [0.25, 0.3) is 0 Å². The minimum absolute atomic E-state index is 0.283. The summed E-state index contributed by atoms with van der Waals surface area (Å²) in [5.74, 6) is 0. The molecule has 0 spiro atoms. The Kier molecular flexibility index (Phi) is 4.61. The van der Waals surface area contributed by atoms with Crippen LogP contribution in [0.1, 0.15) is 25.7 Å². The fraction of sp³-hybridized carbons (Fsp3) is 0.500. The Hall–Kier alpha value is -0.490. The van der Waals surface area contributed by atoms with Gasteiger partial charge in [0.25, 0.3) is 0 Å². The van der Waals surface area contributed by atoms with Crippen LogP contribution in [0.2, 0.25) is 10.0 Å². The molecule has 1 aliphatic carbocycles. The van der Waals surface area contributed by atoms with E-state index in [1.807, 2.05) is 0 Å². The Morgan fingerprint density at radius 1 is 1.16 bits per heavy atom. The van der Waals surface area contributed by atoms with E-state index in [4.69, 9.17) is 23.2 Å². The minimum Gasteiger partial charge on any atom is -0.392 e. The van der Waals surface area contributed by atoms with Crippen molar-refractivity contribution in [3.63, 3.8) is 0 Å². The number of aliphatic hydroxyl groups excluding tert-OH is 1. The van der Waals surface area contributed by atoms with Crippen LogP contribution in [0.3, 0.4) is 0 Å². The van der Waals surface area contributed by atoms with E-state index >= 15 is 0 Å². The molecule has 106 valence electrons. The molecule has 2 rings (SSSR count). The Morgan fingerprint density at radius 2 is 1.84 bits per heavy atom. The number of sulfonamides is 1. The number of hydrogen-bond donors (Lipinski definition) is 2. The number of anilines is 1. The Balaban J connectivity index is 2.18. The van der Waals surface area contributed by atoms with Gasteiger partial charge in [0.1, 0.15) is 5.25 Å². The van der Waals surface area contributed by atoms with E-state index in [1.165, 1.54) is 12.1 Å². The van der Waals surface area contributed by atoms with Gasteiger partial charge >= 0.3 is 0 Å². The standard InChI is InChI=1S/C12H15Cl2NO3S/c13-9-6-5-8(7-10(9)14)15-19(17,18)12-4-2-1-3-11(12)16/h5-7,11-12,15-16H,1-4H2. The van der Waals surface area contributed by atoms with Crippen LogP contribution in [-0.4, -0.2) is 24.9 Å². The van der Waals surface area contributed by atoms with Gasteiger partial charge in [0.15, 0.2) is 0 Å².